The van der Waals surface area contributed by atoms with Gasteiger partial charge in [-0.05, 0) is 44.6 Å². The number of aromatic nitrogens is 2. The molecule has 0 aromatic carbocycles. The zero-order valence-corrected chi connectivity index (χ0v) is 17.3. The fourth-order valence-electron chi connectivity index (χ4n) is 3.55. The Bertz CT molecular complexity index is 773. The lowest BCUT2D eigenvalue weighted by Crippen LogP contribution is -2.46. The summed E-state index contributed by atoms with van der Waals surface area (Å²) in [6, 6.07) is 0.301. The van der Waals surface area contributed by atoms with Crippen LogP contribution in [0.15, 0.2) is 11.4 Å². The third-order valence-electron chi connectivity index (χ3n) is 5.62. The Balaban J connectivity index is 1.72. The molecule has 1 fully saturated rings. The largest absolute Gasteiger partial charge is 0.352 e. The number of nitrogens with zero attached hydrogens (tertiary/aromatic N) is 2. The molecular weight excluding hydrogens is 350 g/mol. The molecule has 4 atom stereocenters. The smallest absolute Gasteiger partial charge is 0.233 e. The molecule has 2 heterocycles. The number of amides is 1. The van der Waals surface area contributed by atoms with E-state index in [-0.39, 0.29) is 11.2 Å². The summed E-state index contributed by atoms with van der Waals surface area (Å²) in [6.07, 6.45) is 5.18. The molecule has 0 unspecified atom stereocenters. The highest BCUT2D eigenvalue weighted by atomic mass is 32.2. The van der Waals surface area contributed by atoms with Crippen molar-refractivity contribution in [1.82, 2.24) is 15.3 Å². The van der Waals surface area contributed by atoms with Crippen molar-refractivity contribution in [2.24, 2.45) is 11.8 Å². The molecule has 1 N–H and O–H groups in total. The molecule has 0 spiro atoms. The highest BCUT2D eigenvalue weighted by Gasteiger charge is 2.29. The van der Waals surface area contributed by atoms with Crippen molar-refractivity contribution in [3.63, 3.8) is 0 Å². The molecule has 0 aliphatic heterocycles. The van der Waals surface area contributed by atoms with Crippen molar-refractivity contribution in [3.05, 3.63) is 16.8 Å². The third-order valence-corrected chi connectivity index (χ3v) is 7.84. The summed E-state index contributed by atoms with van der Waals surface area (Å²) in [6.45, 7) is 10.7. The molecule has 0 bridgehead atoms. The highest BCUT2D eigenvalue weighted by molar-refractivity contribution is 8.00. The predicted molar refractivity (Wildman–Crippen MR) is 106 cm³/mol. The Hall–Kier alpha value is -1.14. The minimum absolute atomic E-state index is 0.118. The molecule has 1 saturated carbocycles. The van der Waals surface area contributed by atoms with Crippen LogP contribution >= 0.6 is 23.1 Å². The zero-order chi connectivity index (χ0) is 18.1. The topological polar surface area (TPSA) is 54.9 Å². The molecule has 4 nitrogen and oxygen atoms in total. The molecule has 1 aliphatic rings. The molecule has 3 rings (SSSR count). The van der Waals surface area contributed by atoms with Crippen LogP contribution in [0, 0.1) is 25.7 Å². The summed E-state index contributed by atoms with van der Waals surface area (Å²) in [4.78, 5) is 23.8. The Morgan fingerprint density at radius 3 is 2.84 bits per heavy atom. The summed E-state index contributed by atoms with van der Waals surface area (Å²) >= 11 is 3.24. The van der Waals surface area contributed by atoms with E-state index in [1.807, 2.05) is 6.92 Å². The molecule has 2 aromatic heterocycles. The molecular formula is C19H27N3OS2. The van der Waals surface area contributed by atoms with E-state index in [1.165, 1.54) is 23.3 Å². The lowest BCUT2D eigenvalue weighted by Gasteiger charge is -2.35. The van der Waals surface area contributed by atoms with E-state index in [2.05, 4.69) is 43.0 Å². The van der Waals surface area contributed by atoms with Crippen LogP contribution in [0.4, 0.5) is 0 Å². The molecule has 0 saturated heterocycles. The van der Waals surface area contributed by atoms with Crippen LogP contribution in [0.2, 0.25) is 0 Å². The monoisotopic (exact) mass is 377 g/mol. The minimum atomic E-state index is -0.165. The van der Waals surface area contributed by atoms with E-state index >= 15 is 0 Å². The highest BCUT2D eigenvalue weighted by Crippen LogP contribution is 2.36. The van der Waals surface area contributed by atoms with Crippen LogP contribution in [0.25, 0.3) is 10.2 Å². The van der Waals surface area contributed by atoms with Crippen molar-refractivity contribution in [3.8, 4) is 0 Å². The quantitative estimate of drug-likeness (QED) is 0.618. The van der Waals surface area contributed by atoms with Crippen molar-refractivity contribution >= 4 is 39.2 Å². The van der Waals surface area contributed by atoms with Gasteiger partial charge in [-0.3, -0.25) is 4.79 Å². The van der Waals surface area contributed by atoms with Gasteiger partial charge >= 0.3 is 0 Å². The first-order valence-electron chi connectivity index (χ1n) is 9.06. The van der Waals surface area contributed by atoms with Crippen LogP contribution in [-0.2, 0) is 4.79 Å². The molecule has 25 heavy (non-hydrogen) atoms. The van der Waals surface area contributed by atoms with Crippen molar-refractivity contribution in [1.29, 1.82) is 0 Å². The Morgan fingerprint density at radius 1 is 1.32 bits per heavy atom. The first kappa shape index (κ1) is 18.6. The van der Waals surface area contributed by atoms with Gasteiger partial charge in [-0.15, -0.1) is 11.3 Å². The fraction of sp³-hybridized carbons (Fsp3) is 0.632. The van der Waals surface area contributed by atoms with Crippen LogP contribution in [0.3, 0.4) is 0 Å². The van der Waals surface area contributed by atoms with Crippen LogP contribution in [-0.4, -0.2) is 27.2 Å². The average Bonchev–Trinajstić information content (AvgIpc) is 2.87. The Morgan fingerprint density at radius 2 is 2.08 bits per heavy atom. The number of fused-ring (bicyclic) bond motifs is 1. The first-order chi connectivity index (χ1) is 11.9. The van der Waals surface area contributed by atoms with Gasteiger partial charge in [0.15, 0.2) is 0 Å². The standard InChI is InChI=1S/C19H27N3OS2/c1-10-7-6-8-15(11(10)2)22-17(23)14(5)25-19-16-12(3)13(4)24-18(16)20-9-21-19/h9-11,14-15H,6-8H2,1-5H3,(H,22,23)/t10-,11-,14-,15-/m0/s1. The zero-order valence-electron chi connectivity index (χ0n) is 15.6. The summed E-state index contributed by atoms with van der Waals surface area (Å²) in [5, 5.41) is 5.14. The van der Waals surface area contributed by atoms with Crippen molar-refractivity contribution < 1.29 is 4.79 Å². The maximum atomic E-state index is 12.7. The summed E-state index contributed by atoms with van der Waals surface area (Å²) in [5.41, 5.74) is 1.23. The van der Waals surface area contributed by atoms with Crippen molar-refractivity contribution in [2.45, 2.75) is 70.2 Å². The maximum Gasteiger partial charge on any atom is 0.233 e. The van der Waals surface area contributed by atoms with Crippen LogP contribution < -0.4 is 5.32 Å². The second-order valence-corrected chi connectivity index (χ2v) is 9.82. The second-order valence-electron chi connectivity index (χ2n) is 7.28. The van der Waals surface area contributed by atoms with Crippen LogP contribution in [0.1, 0.15) is 50.5 Å². The van der Waals surface area contributed by atoms with Gasteiger partial charge in [0, 0.05) is 16.3 Å². The number of hydrogen-bond donors (Lipinski definition) is 1. The number of rotatable bonds is 4. The molecule has 2 aromatic rings. The van der Waals surface area contributed by atoms with Gasteiger partial charge in [0.2, 0.25) is 5.91 Å². The van der Waals surface area contributed by atoms with E-state index in [0.717, 1.165) is 21.7 Å². The number of carbonyl (C=O) groups excluding carboxylic acids is 1. The maximum absolute atomic E-state index is 12.7. The van der Waals surface area contributed by atoms with Crippen molar-refractivity contribution in [2.75, 3.05) is 0 Å². The van der Waals surface area contributed by atoms with Gasteiger partial charge < -0.3 is 5.32 Å². The van der Waals surface area contributed by atoms with E-state index in [9.17, 15) is 4.79 Å². The third kappa shape index (κ3) is 3.85. The van der Waals surface area contributed by atoms with Gasteiger partial charge in [0.25, 0.3) is 0 Å². The fourth-order valence-corrected chi connectivity index (χ4v) is 5.59. The van der Waals surface area contributed by atoms with E-state index in [0.29, 0.717) is 17.9 Å². The van der Waals surface area contributed by atoms with Gasteiger partial charge in [-0.25, -0.2) is 9.97 Å². The first-order valence-corrected chi connectivity index (χ1v) is 10.8. The summed E-state index contributed by atoms with van der Waals surface area (Å²) < 4.78 is 0. The number of carbonyl (C=O) groups is 1. The lowest BCUT2D eigenvalue weighted by molar-refractivity contribution is -0.121. The van der Waals surface area contributed by atoms with E-state index in [1.54, 1.807) is 29.4 Å². The predicted octanol–water partition coefficient (Wildman–Crippen LogP) is 4.73. The summed E-state index contributed by atoms with van der Waals surface area (Å²) in [7, 11) is 0. The second kappa shape index (κ2) is 7.62. The number of thiophene rings is 1. The SMILES string of the molecule is Cc1sc2ncnc(S[C@@H](C)C(=O)N[C@H]3CCC[C@H](C)[C@@H]3C)c2c1C. The number of nitrogens with one attached hydrogen (secondary N) is 1. The molecule has 1 amide bonds. The van der Waals surface area contributed by atoms with Gasteiger partial charge in [-0.2, -0.15) is 0 Å². The summed E-state index contributed by atoms with van der Waals surface area (Å²) in [5.74, 6) is 1.34. The Labute approximate surface area is 158 Å². The number of hydrogen-bond acceptors (Lipinski definition) is 5. The Kier molecular flexibility index (Phi) is 5.68. The number of thioether (sulfide) groups is 1. The molecule has 0 radical (unpaired) electrons. The molecule has 6 heteroatoms. The average molecular weight is 378 g/mol. The van der Waals surface area contributed by atoms with Gasteiger partial charge in [-0.1, -0.05) is 38.5 Å². The van der Waals surface area contributed by atoms with E-state index in [4.69, 9.17) is 0 Å². The lowest BCUT2D eigenvalue weighted by atomic mass is 9.78. The van der Waals surface area contributed by atoms with Gasteiger partial charge in [0.1, 0.15) is 16.2 Å². The minimum Gasteiger partial charge on any atom is -0.352 e. The van der Waals surface area contributed by atoms with Crippen LogP contribution in [0.5, 0.6) is 0 Å². The van der Waals surface area contributed by atoms with E-state index < -0.39 is 0 Å². The van der Waals surface area contributed by atoms with Gasteiger partial charge in [0.05, 0.1) is 5.25 Å². The number of aryl methyl sites for hydroxylation is 2. The molecule has 136 valence electrons. The molecule has 1 aliphatic carbocycles. The normalized spacial score (nSPS) is 25.1.